The van der Waals surface area contributed by atoms with Gasteiger partial charge < -0.3 is 0 Å². The van der Waals surface area contributed by atoms with E-state index >= 15 is 0 Å². The van der Waals surface area contributed by atoms with Crippen molar-refractivity contribution in [1.82, 2.24) is 4.98 Å². The average molecular weight is 192 g/mol. The predicted octanol–water partition coefficient (Wildman–Crippen LogP) is 3.07. The molecule has 0 fully saturated rings. The molecule has 0 saturated heterocycles. The molecule has 1 aromatic heterocycles. The van der Waals surface area contributed by atoms with E-state index in [1.165, 1.54) is 12.4 Å². The maximum Gasteiger partial charge on any atom is 0.264 e. The zero-order valence-corrected chi connectivity index (χ0v) is 7.28. The number of nitrogens with zero attached hydrogens (tertiary/aromatic N) is 1. The molecule has 4 heteroatoms. The lowest BCUT2D eigenvalue weighted by Gasteiger charge is -2.07. The molecule has 0 aliphatic carbocycles. The second-order valence-electron chi connectivity index (χ2n) is 2.46. The molecule has 0 spiro atoms. The summed E-state index contributed by atoms with van der Waals surface area (Å²) in [5.74, 6) is 0.0777. The van der Waals surface area contributed by atoms with Gasteiger partial charge in [0.2, 0.25) is 0 Å². The lowest BCUT2D eigenvalue weighted by molar-refractivity contribution is 0.149. The van der Waals surface area contributed by atoms with E-state index in [0.29, 0.717) is 11.1 Å². The Balaban J connectivity index is 3.20. The van der Waals surface area contributed by atoms with Crippen molar-refractivity contribution in [2.24, 2.45) is 0 Å². The van der Waals surface area contributed by atoms with Gasteiger partial charge in [-0.2, -0.15) is 0 Å². The van der Waals surface area contributed by atoms with Crippen LogP contribution in [-0.2, 0) is 5.88 Å². The van der Waals surface area contributed by atoms with Gasteiger partial charge in [-0.25, -0.2) is 8.78 Å². The molecule has 0 aliphatic rings. The van der Waals surface area contributed by atoms with Gasteiger partial charge >= 0.3 is 0 Å². The van der Waals surface area contributed by atoms with Crippen LogP contribution in [0.2, 0.25) is 0 Å². The van der Waals surface area contributed by atoms with E-state index in [9.17, 15) is 8.78 Å². The molecule has 0 aliphatic heterocycles. The topological polar surface area (TPSA) is 12.9 Å². The lowest BCUT2D eigenvalue weighted by atomic mass is 10.1. The second-order valence-corrected chi connectivity index (χ2v) is 2.73. The van der Waals surface area contributed by atoms with Crippen molar-refractivity contribution in [3.8, 4) is 0 Å². The minimum Gasteiger partial charge on any atom is -0.264 e. The summed E-state index contributed by atoms with van der Waals surface area (Å²) in [6.07, 6.45) is 0.320. The fourth-order valence-electron chi connectivity index (χ4n) is 1.05. The summed E-state index contributed by atoms with van der Waals surface area (Å²) in [5, 5.41) is 0. The summed E-state index contributed by atoms with van der Waals surface area (Å²) < 4.78 is 24.8. The molecule has 0 atom stereocenters. The van der Waals surface area contributed by atoms with Crippen LogP contribution in [0.5, 0.6) is 0 Å². The first kappa shape index (κ1) is 9.39. The Hall–Kier alpha value is -0.700. The average Bonchev–Trinajstić information content (AvgIpc) is 2.03. The fourth-order valence-corrected chi connectivity index (χ4v) is 1.26. The Bertz CT molecular complexity index is 276. The van der Waals surface area contributed by atoms with Gasteiger partial charge in [0.25, 0.3) is 6.43 Å². The van der Waals surface area contributed by atoms with Gasteiger partial charge in [-0.3, -0.25) is 4.98 Å². The first-order chi connectivity index (χ1) is 5.66. The highest BCUT2D eigenvalue weighted by atomic mass is 35.5. The minimum atomic E-state index is -2.47. The van der Waals surface area contributed by atoms with E-state index in [0.717, 1.165) is 0 Å². The van der Waals surface area contributed by atoms with Gasteiger partial charge in [-0.1, -0.05) is 0 Å². The quantitative estimate of drug-likeness (QED) is 0.655. The molecular weight excluding hydrogens is 184 g/mol. The van der Waals surface area contributed by atoms with Crippen LogP contribution in [0, 0.1) is 6.92 Å². The maximum atomic E-state index is 12.4. The van der Waals surface area contributed by atoms with Crippen LogP contribution < -0.4 is 0 Å². The van der Waals surface area contributed by atoms with Crippen LogP contribution in [0.15, 0.2) is 12.4 Å². The van der Waals surface area contributed by atoms with Crippen molar-refractivity contribution >= 4 is 11.6 Å². The Morgan fingerprint density at radius 3 is 2.58 bits per heavy atom. The molecule has 1 nitrogen and oxygen atoms in total. The number of aromatic nitrogens is 1. The number of pyridine rings is 1. The molecule has 0 radical (unpaired) electrons. The SMILES string of the molecule is Cc1cncc(CCl)c1C(F)F. The van der Waals surface area contributed by atoms with Crippen molar-refractivity contribution < 1.29 is 8.78 Å². The summed E-state index contributed by atoms with van der Waals surface area (Å²) in [6.45, 7) is 1.60. The summed E-state index contributed by atoms with van der Waals surface area (Å²) in [6, 6.07) is 0. The molecule has 0 bridgehead atoms. The maximum absolute atomic E-state index is 12.4. The molecule has 1 rings (SSSR count). The van der Waals surface area contributed by atoms with Gasteiger partial charge in [0.15, 0.2) is 0 Å². The van der Waals surface area contributed by atoms with Crippen molar-refractivity contribution in [3.05, 3.63) is 29.1 Å². The van der Waals surface area contributed by atoms with E-state index in [1.807, 2.05) is 0 Å². The molecule has 0 aromatic carbocycles. The second kappa shape index (κ2) is 3.81. The molecule has 66 valence electrons. The lowest BCUT2D eigenvalue weighted by Crippen LogP contribution is -1.97. The van der Waals surface area contributed by atoms with Crippen molar-refractivity contribution in [2.75, 3.05) is 0 Å². The van der Waals surface area contributed by atoms with E-state index in [4.69, 9.17) is 11.6 Å². The third kappa shape index (κ3) is 1.72. The summed E-state index contributed by atoms with van der Waals surface area (Å²) in [7, 11) is 0. The van der Waals surface area contributed by atoms with Gasteiger partial charge in [0.1, 0.15) is 0 Å². The Morgan fingerprint density at radius 1 is 1.50 bits per heavy atom. The summed E-state index contributed by atoms with van der Waals surface area (Å²) in [4.78, 5) is 3.78. The molecule has 0 N–H and O–H groups in total. The first-order valence-corrected chi connectivity index (χ1v) is 3.97. The Morgan fingerprint density at radius 2 is 2.17 bits per heavy atom. The highest BCUT2D eigenvalue weighted by Crippen LogP contribution is 2.26. The first-order valence-electron chi connectivity index (χ1n) is 3.44. The number of hydrogen-bond acceptors (Lipinski definition) is 1. The van der Waals surface area contributed by atoms with Crippen molar-refractivity contribution in [1.29, 1.82) is 0 Å². The van der Waals surface area contributed by atoms with Crippen LogP contribution in [0.4, 0.5) is 8.78 Å². The number of aryl methyl sites for hydroxylation is 1. The molecule has 12 heavy (non-hydrogen) atoms. The predicted molar refractivity (Wildman–Crippen MR) is 43.5 cm³/mol. The molecule has 0 unspecified atom stereocenters. The molecule has 0 saturated carbocycles. The highest BCUT2D eigenvalue weighted by Gasteiger charge is 2.14. The zero-order chi connectivity index (χ0) is 9.14. The number of halogens is 3. The summed E-state index contributed by atoms with van der Waals surface area (Å²) in [5.41, 5.74) is 0.912. The van der Waals surface area contributed by atoms with Crippen molar-refractivity contribution in [3.63, 3.8) is 0 Å². The smallest absolute Gasteiger partial charge is 0.264 e. The Kier molecular flexibility index (Phi) is 2.98. The zero-order valence-electron chi connectivity index (χ0n) is 6.52. The van der Waals surface area contributed by atoms with E-state index < -0.39 is 6.43 Å². The largest absolute Gasteiger partial charge is 0.264 e. The van der Waals surface area contributed by atoms with Crippen LogP contribution in [0.1, 0.15) is 23.1 Å². The minimum absolute atomic E-state index is 0.0139. The number of hydrogen-bond donors (Lipinski definition) is 0. The van der Waals surface area contributed by atoms with Gasteiger partial charge in [0.05, 0.1) is 0 Å². The summed E-state index contributed by atoms with van der Waals surface area (Å²) >= 11 is 5.47. The monoisotopic (exact) mass is 191 g/mol. The van der Waals surface area contributed by atoms with Gasteiger partial charge in [-0.05, 0) is 18.1 Å². The van der Waals surface area contributed by atoms with Gasteiger partial charge in [0, 0.05) is 23.8 Å². The normalized spacial score (nSPS) is 10.8. The van der Waals surface area contributed by atoms with Crippen LogP contribution in [0.25, 0.3) is 0 Å². The molecular formula is C8H8ClF2N. The molecule has 1 aromatic rings. The molecule has 0 amide bonds. The van der Waals surface area contributed by atoms with E-state index in [2.05, 4.69) is 4.98 Å². The van der Waals surface area contributed by atoms with Crippen LogP contribution >= 0.6 is 11.6 Å². The highest BCUT2D eigenvalue weighted by molar-refractivity contribution is 6.17. The van der Waals surface area contributed by atoms with Gasteiger partial charge in [-0.15, -0.1) is 11.6 Å². The standard InChI is InChI=1S/C8H8ClF2N/c1-5-3-12-4-6(2-9)7(5)8(10)11/h3-4,8H,2H2,1H3. The fraction of sp³-hybridized carbons (Fsp3) is 0.375. The molecule has 1 heterocycles. The Labute approximate surface area is 74.4 Å². The third-order valence-electron chi connectivity index (χ3n) is 1.63. The number of alkyl halides is 3. The third-order valence-corrected chi connectivity index (χ3v) is 1.92. The van der Waals surface area contributed by atoms with Crippen LogP contribution in [0.3, 0.4) is 0 Å². The van der Waals surface area contributed by atoms with E-state index in [1.54, 1.807) is 6.92 Å². The van der Waals surface area contributed by atoms with Crippen LogP contribution in [-0.4, -0.2) is 4.98 Å². The number of rotatable bonds is 2. The van der Waals surface area contributed by atoms with E-state index in [-0.39, 0.29) is 11.4 Å². The van der Waals surface area contributed by atoms with Crippen molar-refractivity contribution in [2.45, 2.75) is 19.2 Å².